The molecule has 1 aromatic rings. The van der Waals surface area contributed by atoms with Crippen LogP contribution < -0.4 is 4.74 Å². The molecule has 0 aliphatic carbocycles. The molecule has 1 heterocycles. The highest BCUT2D eigenvalue weighted by atomic mass is 79.9. The second-order valence-corrected chi connectivity index (χ2v) is 2.68. The first-order valence-corrected chi connectivity index (χ1v) is 3.85. The summed E-state index contributed by atoms with van der Waals surface area (Å²) in [5.74, 6) is 0.744. The molecule has 0 bridgehead atoms. The molecule has 0 saturated heterocycles. The zero-order chi connectivity index (χ0) is 8.10. The van der Waals surface area contributed by atoms with Crippen LogP contribution in [0, 0.1) is 0 Å². The van der Waals surface area contributed by atoms with Gasteiger partial charge >= 0.3 is 0 Å². The lowest BCUT2D eigenvalue weighted by Crippen LogP contribution is -1.98. The quantitative estimate of drug-likeness (QED) is 0.572. The van der Waals surface area contributed by atoms with E-state index in [9.17, 15) is 0 Å². The minimum absolute atomic E-state index is 0.260. The molecule has 0 spiro atoms. The maximum absolute atomic E-state index is 5.14. The first-order valence-electron chi connectivity index (χ1n) is 3.06. The van der Waals surface area contributed by atoms with Crippen molar-refractivity contribution in [1.29, 1.82) is 0 Å². The number of ether oxygens (including phenoxy) is 2. The molecule has 0 aliphatic heterocycles. The fourth-order valence-corrected chi connectivity index (χ4v) is 0.945. The van der Waals surface area contributed by atoms with E-state index in [1.165, 1.54) is 0 Å². The Morgan fingerprint density at radius 3 is 3.09 bits per heavy atom. The lowest BCUT2D eigenvalue weighted by atomic mass is 10.5. The molecular formula is C7H8BrNO2. The molecule has 0 amide bonds. The number of aromatic nitrogens is 1. The largest absolute Gasteiger partial charge is 0.467 e. The molecule has 0 aliphatic rings. The average Bonchev–Trinajstić information content (AvgIpc) is 2.01. The summed E-state index contributed by atoms with van der Waals surface area (Å²) in [5.41, 5.74) is 0. The van der Waals surface area contributed by atoms with Gasteiger partial charge in [-0.15, -0.1) is 0 Å². The van der Waals surface area contributed by atoms with Gasteiger partial charge in [0.2, 0.25) is 0 Å². The number of nitrogens with zero attached hydrogens (tertiary/aromatic N) is 1. The van der Waals surface area contributed by atoms with Gasteiger partial charge in [-0.1, -0.05) is 0 Å². The lowest BCUT2D eigenvalue weighted by Gasteiger charge is -2.02. The van der Waals surface area contributed by atoms with Crippen LogP contribution in [-0.2, 0) is 4.74 Å². The van der Waals surface area contributed by atoms with Gasteiger partial charge in [-0.05, 0) is 22.0 Å². The van der Waals surface area contributed by atoms with Gasteiger partial charge in [0.15, 0.2) is 6.79 Å². The van der Waals surface area contributed by atoms with Crippen molar-refractivity contribution in [3.05, 3.63) is 22.9 Å². The minimum Gasteiger partial charge on any atom is -0.467 e. The Bertz CT molecular complexity index is 229. The SMILES string of the molecule is COCOc1ccnc(Br)c1. The lowest BCUT2D eigenvalue weighted by molar-refractivity contribution is 0.0510. The fourth-order valence-electron chi connectivity index (χ4n) is 0.601. The van der Waals surface area contributed by atoms with Crippen LogP contribution in [0.15, 0.2) is 22.9 Å². The number of halogens is 1. The van der Waals surface area contributed by atoms with E-state index < -0.39 is 0 Å². The maximum atomic E-state index is 5.14. The van der Waals surface area contributed by atoms with Gasteiger partial charge in [0.05, 0.1) is 0 Å². The van der Waals surface area contributed by atoms with Crippen LogP contribution >= 0.6 is 15.9 Å². The highest BCUT2D eigenvalue weighted by molar-refractivity contribution is 9.10. The Morgan fingerprint density at radius 1 is 1.64 bits per heavy atom. The summed E-state index contributed by atoms with van der Waals surface area (Å²) in [6.45, 7) is 0.260. The summed E-state index contributed by atoms with van der Waals surface area (Å²) in [4.78, 5) is 3.94. The predicted molar refractivity (Wildman–Crippen MR) is 44.4 cm³/mol. The molecule has 1 rings (SSSR count). The Labute approximate surface area is 73.5 Å². The third-order valence-electron chi connectivity index (χ3n) is 1.04. The van der Waals surface area contributed by atoms with Crippen LogP contribution in [-0.4, -0.2) is 18.9 Å². The monoisotopic (exact) mass is 217 g/mol. The van der Waals surface area contributed by atoms with E-state index in [1.807, 2.05) is 0 Å². The van der Waals surface area contributed by atoms with Crippen LogP contribution in [0.25, 0.3) is 0 Å². The third-order valence-corrected chi connectivity index (χ3v) is 1.48. The smallest absolute Gasteiger partial charge is 0.188 e. The Morgan fingerprint density at radius 2 is 2.45 bits per heavy atom. The van der Waals surface area contributed by atoms with Crippen LogP contribution in [0.1, 0.15) is 0 Å². The first-order chi connectivity index (χ1) is 5.33. The van der Waals surface area contributed by atoms with Crippen molar-refractivity contribution in [1.82, 2.24) is 4.98 Å². The van der Waals surface area contributed by atoms with Crippen molar-refractivity contribution in [3.8, 4) is 5.75 Å². The first kappa shape index (κ1) is 8.49. The Kier molecular flexibility index (Phi) is 3.32. The van der Waals surface area contributed by atoms with Crippen LogP contribution in [0.2, 0.25) is 0 Å². The highest BCUT2D eigenvalue weighted by Crippen LogP contribution is 2.14. The molecule has 3 nitrogen and oxygen atoms in total. The van der Waals surface area contributed by atoms with Gasteiger partial charge in [0.25, 0.3) is 0 Å². The molecule has 0 radical (unpaired) electrons. The van der Waals surface area contributed by atoms with Gasteiger partial charge in [-0.2, -0.15) is 0 Å². The van der Waals surface area contributed by atoms with E-state index in [1.54, 1.807) is 25.4 Å². The third kappa shape index (κ3) is 2.86. The molecule has 4 heteroatoms. The highest BCUT2D eigenvalue weighted by Gasteiger charge is 1.93. The molecule has 60 valence electrons. The zero-order valence-corrected chi connectivity index (χ0v) is 7.67. The van der Waals surface area contributed by atoms with Gasteiger partial charge in [-0.3, -0.25) is 0 Å². The summed E-state index contributed by atoms with van der Waals surface area (Å²) in [6.07, 6.45) is 1.66. The van der Waals surface area contributed by atoms with E-state index in [-0.39, 0.29) is 6.79 Å². The van der Waals surface area contributed by atoms with E-state index in [0.717, 1.165) is 10.4 Å². The van der Waals surface area contributed by atoms with Crippen molar-refractivity contribution in [3.63, 3.8) is 0 Å². The van der Waals surface area contributed by atoms with E-state index in [4.69, 9.17) is 9.47 Å². The Hall–Kier alpha value is -0.610. The minimum atomic E-state index is 0.260. The van der Waals surface area contributed by atoms with Crippen LogP contribution in [0.3, 0.4) is 0 Å². The number of rotatable bonds is 3. The molecule has 0 atom stereocenters. The van der Waals surface area contributed by atoms with Crippen molar-refractivity contribution >= 4 is 15.9 Å². The number of hydrogen-bond donors (Lipinski definition) is 0. The Balaban J connectivity index is 2.56. The van der Waals surface area contributed by atoms with Crippen molar-refractivity contribution in [2.45, 2.75) is 0 Å². The molecule has 1 aromatic heterocycles. The summed E-state index contributed by atoms with van der Waals surface area (Å²) in [5, 5.41) is 0. The molecule has 0 unspecified atom stereocenters. The average molecular weight is 218 g/mol. The molecule has 0 fully saturated rings. The van der Waals surface area contributed by atoms with Gasteiger partial charge in [0.1, 0.15) is 10.4 Å². The van der Waals surface area contributed by atoms with Gasteiger partial charge < -0.3 is 9.47 Å². The predicted octanol–water partition coefficient (Wildman–Crippen LogP) is 1.83. The second kappa shape index (κ2) is 4.31. The van der Waals surface area contributed by atoms with Crippen molar-refractivity contribution in [2.24, 2.45) is 0 Å². The molecule has 0 aromatic carbocycles. The van der Waals surface area contributed by atoms with Crippen LogP contribution in [0.5, 0.6) is 5.75 Å². The number of hydrogen-bond acceptors (Lipinski definition) is 3. The number of methoxy groups -OCH3 is 1. The van der Waals surface area contributed by atoms with E-state index in [0.29, 0.717) is 0 Å². The molecule has 0 N–H and O–H groups in total. The zero-order valence-electron chi connectivity index (χ0n) is 6.08. The molecular weight excluding hydrogens is 210 g/mol. The summed E-state index contributed by atoms with van der Waals surface area (Å²) in [6, 6.07) is 3.54. The van der Waals surface area contributed by atoms with Crippen molar-refractivity contribution < 1.29 is 9.47 Å². The maximum Gasteiger partial charge on any atom is 0.188 e. The van der Waals surface area contributed by atoms with Crippen molar-refractivity contribution in [2.75, 3.05) is 13.9 Å². The normalized spacial score (nSPS) is 9.64. The van der Waals surface area contributed by atoms with E-state index in [2.05, 4.69) is 20.9 Å². The van der Waals surface area contributed by atoms with Gasteiger partial charge in [0, 0.05) is 19.4 Å². The number of pyridine rings is 1. The second-order valence-electron chi connectivity index (χ2n) is 1.87. The summed E-state index contributed by atoms with van der Waals surface area (Å²) in [7, 11) is 1.58. The standard InChI is InChI=1S/C7H8BrNO2/c1-10-5-11-6-2-3-9-7(8)4-6/h2-4H,5H2,1H3. The van der Waals surface area contributed by atoms with Crippen LogP contribution in [0.4, 0.5) is 0 Å². The van der Waals surface area contributed by atoms with E-state index >= 15 is 0 Å². The van der Waals surface area contributed by atoms with Gasteiger partial charge in [-0.25, -0.2) is 4.98 Å². The fraction of sp³-hybridized carbons (Fsp3) is 0.286. The summed E-state index contributed by atoms with van der Waals surface area (Å²) >= 11 is 3.22. The topological polar surface area (TPSA) is 31.4 Å². The summed E-state index contributed by atoms with van der Waals surface area (Å²) < 4.78 is 10.6. The molecule has 11 heavy (non-hydrogen) atoms. The molecule has 0 saturated carbocycles.